The minimum atomic E-state index is -0.695. The zero-order valence-electron chi connectivity index (χ0n) is 12.5. The predicted molar refractivity (Wildman–Crippen MR) is 81.8 cm³/mol. The number of carbonyl (C=O) groups excluding carboxylic acids is 1. The van der Waals surface area contributed by atoms with Crippen LogP contribution in [-0.2, 0) is 16.0 Å². The SMILES string of the molecule is NC1(C(=O)N2CCC(Cc3ccccc3)C2)CCOCC1. The molecular weight excluding hydrogens is 264 g/mol. The molecule has 1 atom stereocenters. The molecule has 0 saturated carbocycles. The highest BCUT2D eigenvalue weighted by atomic mass is 16.5. The third-order valence-electron chi connectivity index (χ3n) is 4.75. The van der Waals surface area contributed by atoms with E-state index in [4.69, 9.17) is 10.5 Å². The van der Waals surface area contributed by atoms with Crippen molar-refractivity contribution in [1.82, 2.24) is 4.90 Å². The molecule has 4 heteroatoms. The second-order valence-corrected chi connectivity index (χ2v) is 6.36. The Kier molecular flexibility index (Phi) is 4.27. The first-order valence-electron chi connectivity index (χ1n) is 7.87. The van der Waals surface area contributed by atoms with Crippen LogP contribution < -0.4 is 5.73 Å². The Labute approximate surface area is 126 Å². The van der Waals surface area contributed by atoms with Crippen molar-refractivity contribution >= 4 is 5.91 Å². The summed E-state index contributed by atoms with van der Waals surface area (Å²) in [5.74, 6) is 0.682. The number of rotatable bonds is 3. The van der Waals surface area contributed by atoms with Crippen molar-refractivity contribution in [2.45, 2.75) is 31.2 Å². The van der Waals surface area contributed by atoms with Crippen molar-refractivity contribution < 1.29 is 9.53 Å². The van der Waals surface area contributed by atoms with E-state index in [2.05, 4.69) is 24.3 Å². The summed E-state index contributed by atoms with van der Waals surface area (Å²) in [4.78, 5) is 14.6. The number of benzene rings is 1. The standard InChI is InChI=1S/C17H24N2O2/c18-17(7-10-21-11-8-17)16(20)19-9-6-15(13-19)12-14-4-2-1-3-5-14/h1-5,15H,6-13,18H2. The Morgan fingerprint density at radius 1 is 1.29 bits per heavy atom. The molecule has 0 spiro atoms. The summed E-state index contributed by atoms with van der Waals surface area (Å²) in [6, 6.07) is 10.5. The fourth-order valence-electron chi connectivity index (χ4n) is 3.40. The molecule has 0 aliphatic carbocycles. The number of hydrogen-bond donors (Lipinski definition) is 1. The Balaban J connectivity index is 1.58. The van der Waals surface area contributed by atoms with Crippen molar-refractivity contribution in [2.75, 3.05) is 26.3 Å². The molecule has 114 valence electrons. The summed E-state index contributed by atoms with van der Waals surface area (Å²) in [6.45, 7) is 2.89. The molecule has 21 heavy (non-hydrogen) atoms. The van der Waals surface area contributed by atoms with Gasteiger partial charge >= 0.3 is 0 Å². The number of hydrogen-bond acceptors (Lipinski definition) is 3. The lowest BCUT2D eigenvalue weighted by Gasteiger charge is -2.35. The number of ether oxygens (including phenoxy) is 1. The predicted octanol–water partition coefficient (Wildman–Crippen LogP) is 1.59. The van der Waals surface area contributed by atoms with Crippen LogP contribution in [0.5, 0.6) is 0 Å². The molecule has 2 heterocycles. The van der Waals surface area contributed by atoms with Gasteiger partial charge in [0.2, 0.25) is 5.91 Å². The van der Waals surface area contributed by atoms with E-state index < -0.39 is 5.54 Å². The minimum Gasteiger partial charge on any atom is -0.381 e. The third-order valence-corrected chi connectivity index (χ3v) is 4.75. The average molecular weight is 288 g/mol. The van der Waals surface area contributed by atoms with Gasteiger partial charge in [-0.05, 0) is 37.2 Å². The summed E-state index contributed by atoms with van der Waals surface area (Å²) in [5, 5.41) is 0. The molecule has 0 bridgehead atoms. The van der Waals surface area contributed by atoms with Gasteiger partial charge in [0.15, 0.2) is 0 Å². The van der Waals surface area contributed by atoms with Crippen LogP contribution in [0.25, 0.3) is 0 Å². The second kappa shape index (κ2) is 6.16. The molecule has 4 nitrogen and oxygen atoms in total. The van der Waals surface area contributed by atoms with Gasteiger partial charge in [-0.25, -0.2) is 0 Å². The Hall–Kier alpha value is -1.39. The van der Waals surface area contributed by atoms with E-state index >= 15 is 0 Å². The number of likely N-dealkylation sites (tertiary alicyclic amines) is 1. The van der Waals surface area contributed by atoms with Gasteiger partial charge in [-0.3, -0.25) is 4.79 Å². The van der Waals surface area contributed by atoms with Crippen LogP contribution in [0.1, 0.15) is 24.8 Å². The second-order valence-electron chi connectivity index (χ2n) is 6.36. The van der Waals surface area contributed by atoms with E-state index in [-0.39, 0.29) is 5.91 Å². The van der Waals surface area contributed by atoms with Crippen molar-refractivity contribution in [2.24, 2.45) is 11.7 Å². The topological polar surface area (TPSA) is 55.6 Å². The van der Waals surface area contributed by atoms with Crippen molar-refractivity contribution in [3.8, 4) is 0 Å². The number of amides is 1. The molecule has 2 aliphatic heterocycles. The first-order valence-corrected chi connectivity index (χ1v) is 7.87. The van der Waals surface area contributed by atoms with Crippen molar-refractivity contribution in [3.05, 3.63) is 35.9 Å². The van der Waals surface area contributed by atoms with Gasteiger partial charge in [-0.15, -0.1) is 0 Å². The molecular formula is C17H24N2O2. The summed E-state index contributed by atoms with van der Waals surface area (Å²) in [7, 11) is 0. The van der Waals surface area contributed by atoms with Crippen molar-refractivity contribution in [1.29, 1.82) is 0 Å². The Bertz CT molecular complexity index is 483. The van der Waals surface area contributed by atoms with E-state index in [0.717, 1.165) is 25.9 Å². The molecule has 1 aromatic rings. The van der Waals surface area contributed by atoms with Crippen LogP contribution in [0.4, 0.5) is 0 Å². The van der Waals surface area contributed by atoms with E-state index in [1.807, 2.05) is 11.0 Å². The average Bonchev–Trinajstić information content (AvgIpc) is 2.96. The van der Waals surface area contributed by atoms with Gasteiger partial charge in [0.05, 0.1) is 5.54 Å². The summed E-state index contributed by atoms with van der Waals surface area (Å²) >= 11 is 0. The molecule has 2 aliphatic rings. The molecule has 2 saturated heterocycles. The van der Waals surface area contributed by atoms with E-state index in [1.54, 1.807) is 0 Å². The highest BCUT2D eigenvalue weighted by Crippen LogP contribution is 2.26. The van der Waals surface area contributed by atoms with Gasteiger partial charge in [-0.2, -0.15) is 0 Å². The Morgan fingerprint density at radius 2 is 2.00 bits per heavy atom. The van der Waals surface area contributed by atoms with Crippen LogP contribution in [0.3, 0.4) is 0 Å². The monoisotopic (exact) mass is 288 g/mol. The van der Waals surface area contributed by atoms with Gasteiger partial charge in [0.1, 0.15) is 0 Å². The maximum atomic E-state index is 12.7. The molecule has 1 unspecified atom stereocenters. The van der Waals surface area contributed by atoms with Gasteiger partial charge in [-0.1, -0.05) is 30.3 Å². The molecule has 1 aromatic carbocycles. The molecule has 3 rings (SSSR count). The van der Waals surface area contributed by atoms with E-state index in [9.17, 15) is 4.79 Å². The minimum absolute atomic E-state index is 0.126. The maximum Gasteiger partial charge on any atom is 0.242 e. The van der Waals surface area contributed by atoms with Crippen LogP contribution in [0.15, 0.2) is 30.3 Å². The van der Waals surface area contributed by atoms with Gasteiger partial charge in [0, 0.05) is 26.3 Å². The molecule has 2 fully saturated rings. The normalized spacial score (nSPS) is 25.0. The fourth-order valence-corrected chi connectivity index (χ4v) is 3.40. The molecule has 2 N–H and O–H groups in total. The smallest absolute Gasteiger partial charge is 0.242 e. The first-order chi connectivity index (χ1) is 10.2. The molecule has 1 amide bonds. The lowest BCUT2D eigenvalue weighted by Crippen LogP contribution is -2.57. The van der Waals surface area contributed by atoms with Gasteiger partial charge < -0.3 is 15.4 Å². The highest BCUT2D eigenvalue weighted by molar-refractivity contribution is 5.86. The van der Waals surface area contributed by atoms with Crippen LogP contribution >= 0.6 is 0 Å². The van der Waals surface area contributed by atoms with Crippen LogP contribution in [0, 0.1) is 5.92 Å². The summed E-state index contributed by atoms with van der Waals surface area (Å²) < 4.78 is 5.33. The van der Waals surface area contributed by atoms with Crippen molar-refractivity contribution in [3.63, 3.8) is 0 Å². The first kappa shape index (κ1) is 14.5. The Morgan fingerprint density at radius 3 is 2.71 bits per heavy atom. The largest absolute Gasteiger partial charge is 0.381 e. The lowest BCUT2D eigenvalue weighted by atomic mass is 9.90. The number of nitrogens with two attached hydrogens (primary N) is 1. The molecule has 0 radical (unpaired) electrons. The zero-order chi connectivity index (χ0) is 14.7. The quantitative estimate of drug-likeness (QED) is 0.919. The van der Waals surface area contributed by atoms with Crippen LogP contribution in [0.2, 0.25) is 0 Å². The third kappa shape index (κ3) is 3.27. The number of carbonyl (C=O) groups is 1. The van der Waals surface area contributed by atoms with E-state index in [1.165, 1.54) is 5.56 Å². The molecule has 0 aromatic heterocycles. The fraction of sp³-hybridized carbons (Fsp3) is 0.588. The maximum absolute atomic E-state index is 12.7. The summed E-state index contributed by atoms with van der Waals surface area (Å²) in [6.07, 6.45) is 3.41. The number of nitrogens with zero attached hydrogens (tertiary/aromatic N) is 1. The zero-order valence-corrected chi connectivity index (χ0v) is 12.5. The highest BCUT2D eigenvalue weighted by Gasteiger charge is 2.40. The summed E-state index contributed by atoms with van der Waals surface area (Å²) in [5.41, 5.74) is 6.97. The van der Waals surface area contributed by atoms with E-state index in [0.29, 0.717) is 32.0 Å². The van der Waals surface area contributed by atoms with Crippen LogP contribution in [-0.4, -0.2) is 42.6 Å². The van der Waals surface area contributed by atoms with Gasteiger partial charge in [0.25, 0.3) is 0 Å². The lowest BCUT2D eigenvalue weighted by molar-refractivity contribution is -0.139.